The zero-order valence-corrected chi connectivity index (χ0v) is 11.6. The van der Waals surface area contributed by atoms with Gasteiger partial charge in [-0.05, 0) is 32.4 Å². The molecule has 6 nitrogen and oxygen atoms in total. The van der Waals surface area contributed by atoms with E-state index < -0.39 is 11.4 Å². The van der Waals surface area contributed by atoms with E-state index >= 15 is 0 Å². The van der Waals surface area contributed by atoms with Crippen LogP contribution in [0, 0.1) is 5.41 Å². The van der Waals surface area contributed by atoms with Crippen molar-refractivity contribution < 1.29 is 14.4 Å². The normalized spacial score (nSPS) is 19.5. The standard InChI is InChI=1S/C13H21N3O3/c1-3-11-14-10(15-19-11)9-16-7-5-13(4-2,6-8-16)12(17)18/h3-9H2,1-2H3,(H,17,18). The van der Waals surface area contributed by atoms with Gasteiger partial charge in [0.15, 0.2) is 5.82 Å². The van der Waals surface area contributed by atoms with Crippen molar-refractivity contribution >= 4 is 5.97 Å². The predicted octanol–water partition coefficient (Wildman–Crippen LogP) is 1.71. The van der Waals surface area contributed by atoms with E-state index in [1.165, 1.54) is 0 Å². The first-order chi connectivity index (χ1) is 9.09. The molecule has 0 atom stereocenters. The van der Waals surface area contributed by atoms with Crippen LogP contribution < -0.4 is 0 Å². The topological polar surface area (TPSA) is 79.5 Å². The molecule has 0 amide bonds. The fraction of sp³-hybridized carbons (Fsp3) is 0.769. The SMILES string of the molecule is CCc1nc(CN2CCC(CC)(C(=O)O)CC2)no1. The van der Waals surface area contributed by atoms with Gasteiger partial charge in [0.2, 0.25) is 5.89 Å². The van der Waals surface area contributed by atoms with Crippen LogP contribution >= 0.6 is 0 Å². The van der Waals surface area contributed by atoms with Gasteiger partial charge in [-0.2, -0.15) is 4.98 Å². The highest BCUT2D eigenvalue weighted by Crippen LogP contribution is 2.35. The summed E-state index contributed by atoms with van der Waals surface area (Å²) in [6, 6.07) is 0. The van der Waals surface area contributed by atoms with Crippen molar-refractivity contribution in [3.8, 4) is 0 Å². The van der Waals surface area contributed by atoms with Crippen LogP contribution in [0.1, 0.15) is 44.8 Å². The number of hydrogen-bond donors (Lipinski definition) is 1. The van der Waals surface area contributed by atoms with Crippen molar-refractivity contribution in [2.24, 2.45) is 5.41 Å². The molecule has 106 valence electrons. The van der Waals surface area contributed by atoms with E-state index in [2.05, 4.69) is 15.0 Å². The van der Waals surface area contributed by atoms with Gasteiger partial charge < -0.3 is 9.63 Å². The number of aromatic nitrogens is 2. The van der Waals surface area contributed by atoms with Gasteiger partial charge in [-0.15, -0.1) is 0 Å². The summed E-state index contributed by atoms with van der Waals surface area (Å²) in [6.45, 7) is 6.12. The third-order valence-electron chi connectivity index (χ3n) is 4.12. The highest BCUT2D eigenvalue weighted by Gasteiger charge is 2.39. The highest BCUT2D eigenvalue weighted by atomic mass is 16.5. The molecule has 0 aliphatic carbocycles. The minimum atomic E-state index is -0.664. The van der Waals surface area contributed by atoms with Crippen LogP contribution in [0.5, 0.6) is 0 Å². The molecular weight excluding hydrogens is 246 g/mol. The lowest BCUT2D eigenvalue weighted by Crippen LogP contribution is -2.43. The van der Waals surface area contributed by atoms with Gasteiger partial charge in [0.25, 0.3) is 0 Å². The molecule has 1 aromatic heterocycles. The largest absolute Gasteiger partial charge is 0.481 e. The van der Waals surface area contributed by atoms with E-state index in [-0.39, 0.29) is 0 Å². The van der Waals surface area contributed by atoms with E-state index in [1.54, 1.807) is 0 Å². The lowest BCUT2D eigenvalue weighted by molar-refractivity contribution is -0.152. The Kier molecular flexibility index (Phi) is 4.19. The third kappa shape index (κ3) is 2.94. The number of piperidine rings is 1. The average molecular weight is 267 g/mol. The van der Waals surface area contributed by atoms with Crippen LogP contribution in [0.25, 0.3) is 0 Å². The van der Waals surface area contributed by atoms with Gasteiger partial charge in [0, 0.05) is 6.42 Å². The summed E-state index contributed by atoms with van der Waals surface area (Å²) in [5.74, 6) is 0.680. The Hall–Kier alpha value is -1.43. The fourth-order valence-corrected chi connectivity index (χ4v) is 2.56. The summed E-state index contributed by atoms with van der Waals surface area (Å²) in [5, 5.41) is 13.3. The zero-order valence-electron chi connectivity index (χ0n) is 11.6. The lowest BCUT2D eigenvalue weighted by Gasteiger charge is -2.37. The summed E-state index contributed by atoms with van der Waals surface area (Å²) >= 11 is 0. The van der Waals surface area contributed by atoms with E-state index in [1.807, 2.05) is 13.8 Å². The number of carbonyl (C=O) groups is 1. The highest BCUT2D eigenvalue weighted by molar-refractivity contribution is 5.74. The predicted molar refractivity (Wildman–Crippen MR) is 68.5 cm³/mol. The van der Waals surface area contributed by atoms with Gasteiger partial charge in [0.1, 0.15) is 0 Å². The number of aryl methyl sites for hydroxylation is 1. The Bertz CT molecular complexity index is 436. The minimum absolute atomic E-state index is 0.539. The molecule has 2 heterocycles. The summed E-state index contributed by atoms with van der Waals surface area (Å²) in [7, 11) is 0. The van der Waals surface area contributed by atoms with Crippen molar-refractivity contribution in [3.05, 3.63) is 11.7 Å². The van der Waals surface area contributed by atoms with Crippen LogP contribution in [0.2, 0.25) is 0 Å². The number of carboxylic acid groups (broad SMARTS) is 1. The van der Waals surface area contributed by atoms with Gasteiger partial charge in [-0.25, -0.2) is 0 Å². The van der Waals surface area contributed by atoms with Crippen molar-refractivity contribution in [3.63, 3.8) is 0 Å². The second-order valence-corrected chi connectivity index (χ2v) is 5.17. The second kappa shape index (κ2) is 5.69. The molecule has 0 aromatic carbocycles. The Morgan fingerprint density at radius 1 is 1.42 bits per heavy atom. The lowest BCUT2D eigenvalue weighted by atomic mass is 9.76. The molecule has 1 aliphatic rings. The van der Waals surface area contributed by atoms with E-state index in [0.29, 0.717) is 37.5 Å². The molecule has 6 heteroatoms. The maximum Gasteiger partial charge on any atom is 0.309 e. The van der Waals surface area contributed by atoms with E-state index in [4.69, 9.17) is 4.52 Å². The quantitative estimate of drug-likeness (QED) is 0.874. The summed E-state index contributed by atoms with van der Waals surface area (Å²) < 4.78 is 5.07. The monoisotopic (exact) mass is 267 g/mol. The molecule has 2 rings (SSSR count). The fourth-order valence-electron chi connectivity index (χ4n) is 2.56. The van der Waals surface area contributed by atoms with Crippen LogP contribution in [0.4, 0.5) is 0 Å². The molecular formula is C13H21N3O3. The minimum Gasteiger partial charge on any atom is -0.481 e. The van der Waals surface area contributed by atoms with Crippen LogP contribution in [-0.2, 0) is 17.8 Å². The first kappa shape index (κ1) is 14.0. The Morgan fingerprint density at radius 2 is 2.11 bits per heavy atom. The Labute approximate surface area is 112 Å². The van der Waals surface area contributed by atoms with Crippen LogP contribution in [0.15, 0.2) is 4.52 Å². The molecule has 19 heavy (non-hydrogen) atoms. The molecule has 1 saturated heterocycles. The zero-order chi connectivity index (χ0) is 13.9. The van der Waals surface area contributed by atoms with Gasteiger partial charge in [0.05, 0.1) is 12.0 Å². The first-order valence-corrected chi connectivity index (χ1v) is 6.87. The molecule has 0 saturated carbocycles. The first-order valence-electron chi connectivity index (χ1n) is 6.87. The summed E-state index contributed by atoms with van der Waals surface area (Å²) in [6.07, 6.45) is 2.82. The summed E-state index contributed by atoms with van der Waals surface area (Å²) in [4.78, 5) is 17.8. The molecule has 0 unspecified atom stereocenters. The molecule has 1 N–H and O–H groups in total. The van der Waals surface area contributed by atoms with Crippen LogP contribution in [0.3, 0.4) is 0 Å². The van der Waals surface area contributed by atoms with Gasteiger partial charge in [-0.1, -0.05) is 19.0 Å². The van der Waals surface area contributed by atoms with Crippen molar-refractivity contribution in [2.45, 2.75) is 46.1 Å². The van der Waals surface area contributed by atoms with Crippen molar-refractivity contribution in [1.82, 2.24) is 15.0 Å². The number of likely N-dealkylation sites (tertiary alicyclic amines) is 1. The molecule has 0 spiro atoms. The van der Waals surface area contributed by atoms with E-state index in [9.17, 15) is 9.90 Å². The molecule has 0 bridgehead atoms. The third-order valence-corrected chi connectivity index (χ3v) is 4.12. The Morgan fingerprint density at radius 3 is 2.58 bits per heavy atom. The number of hydrogen-bond acceptors (Lipinski definition) is 5. The smallest absolute Gasteiger partial charge is 0.309 e. The molecule has 0 radical (unpaired) electrons. The van der Waals surface area contributed by atoms with E-state index in [0.717, 1.165) is 19.5 Å². The van der Waals surface area contributed by atoms with Gasteiger partial charge in [-0.3, -0.25) is 9.69 Å². The number of nitrogens with zero attached hydrogens (tertiary/aromatic N) is 3. The maximum absolute atomic E-state index is 11.4. The number of carboxylic acids is 1. The molecule has 1 fully saturated rings. The summed E-state index contributed by atoms with van der Waals surface area (Å²) in [5.41, 5.74) is -0.539. The van der Waals surface area contributed by atoms with Gasteiger partial charge >= 0.3 is 5.97 Å². The van der Waals surface area contributed by atoms with Crippen molar-refractivity contribution in [2.75, 3.05) is 13.1 Å². The average Bonchev–Trinajstić information content (AvgIpc) is 2.87. The maximum atomic E-state index is 11.4. The van der Waals surface area contributed by atoms with Crippen molar-refractivity contribution in [1.29, 1.82) is 0 Å². The number of aliphatic carboxylic acids is 1. The van der Waals surface area contributed by atoms with Crippen LogP contribution in [-0.4, -0.2) is 39.2 Å². The molecule has 1 aliphatic heterocycles. The second-order valence-electron chi connectivity index (χ2n) is 5.17. The number of rotatable bonds is 5. The Balaban J connectivity index is 1.91. The molecule has 1 aromatic rings.